The third-order valence-corrected chi connectivity index (χ3v) is 3.40. The lowest BCUT2D eigenvalue weighted by Gasteiger charge is -2.17. The lowest BCUT2D eigenvalue weighted by molar-refractivity contribution is -0.137. The number of hydrogen-bond donors (Lipinski definition) is 2. The molecule has 0 bridgehead atoms. The third-order valence-electron chi connectivity index (χ3n) is 3.40. The van der Waals surface area contributed by atoms with E-state index in [1.807, 2.05) is 20.8 Å². The Labute approximate surface area is 112 Å². The van der Waals surface area contributed by atoms with Crippen molar-refractivity contribution in [3.05, 3.63) is 34.4 Å². The standard InChI is InChI=1S/C14H18N2O3/c1-8-4-9(2)13(10(3)5-8)11-6-16(7-12(17)18)14(19)15-11/h4-5,11H,6-7H2,1-3H3,(H,15,19)(H,17,18). The van der Waals surface area contributed by atoms with E-state index in [2.05, 4.69) is 17.4 Å². The fourth-order valence-corrected chi connectivity index (χ4v) is 2.79. The Hall–Kier alpha value is -2.04. The van der Waals surface area contributed by atoms with Crippen molar-refractivity contribution in [3.8, 4) is 0 Å². The molecule has 1 aliphatic rings. The van der Waals surface area contributed by atoms with Gasteiger partial charge in [-0.2, -0.15) is 0 Å². The number of carbonyl (C=O) groups is 2. The summed E-state index contributed by atoms with van der Waals surface area (Å²) in [6.45, 7) is 6.21. The summed E-state index contributed by atoms with van der Waals surface area (Å²) >= 11 is 0. The summed E-state index contributed by atoms with van der Waals surface area (Å²) in [6.07, 6.45) is 0. The van der Waals surface area contributed by atoms with E-state index in [1.54, 1.807) is 0 Å². The van der Waals surface area contributed by atoms with E-state index in [0.717, 1.165) is 16.7 Å². The Bertz CT molecular complexity index is 516. The van der Waals surface area contributed by atoms with E-state index >= 15 is 0 Å². The Morgan fingerprint density at radius 1 is 1.37 bits per heavy atom. The first kappa shape index (κ1) is 13.4. The lowest BCUT2D eigenvalue weighted by Crippen LogP contribution is -2.32. The Balaban J connectivity index is 2.25. The van der Waals surface area contributed by atoms with Crippen LogP contribution in [0.2, 0.25) is 0 Å². The largest absolute Gasteiger partial charge is 0.480 e. The monoisotopic (exact) mass is 262 g/mol. The Kier molecular flexibility index (Phi) is 3.46. The SMILES string of the molecule is Cc1cc(C)c(C2CN(CC(=O)O)C(=O)N2)c(C)c1. The summed E-state index contributed by atoms with van der Waals surface area (Å²) in [5, 5.41) is 11.6. The van der Waals surface area contributed by atoms with Crippen molar-refractivity contribution < 1.29 is 14.7 Å². The minimum Gasteiger partial charge on any atom is -0.480 e. The van der Waals surface area contributed by atoms with Crippen molar-refractivity contribution in [2.24, 2.45) is 0 Å². The van der Waals surface area contributed by atoms with Crippen LogP contribution in [-0.2, 0) is 4.79 Å². The van der Waals surface area contributed by atoms with Crippen molar-refractivity contribution >= 4 is 12.0 Å². The van der Waals surface area contributed by atoms with Gasteiger partial charge >= 0.3 is 12.0 Å². The molecule has 2 N–H and O–H groups in total. The molecule has 2 rings (SSSR count). The predicted molar refractivity (Wildman–Crippen MR) is 71.1 cm³/mol. The molecule has 1 aromatic carbocycles. The Morgan fingerprint density at radius 3 is 2.47 bits per heavy atom. The molecule has 1 saturated heterocycles. The van der Waals surface area contributed by atoms with Gasteiger partial charge in [-0.3, -0.25) is 4.79 Å². The van der Waals surface area contributed by atoms with Gasteiger partial charge in [-0.15, -0.1) is 0 Å². The number of carbonyl (C=O) groups excluding carboxylic acids is 1. The van der Waals surface area contributed by atoms with Crippen LogP contribution in [0.1, 0.15) is 28.3 Å². The molecule has 1 fully saturated rings. The summed E-state index contributed by atoms with van der Waals surface area (Å²) in [4.78, 5) is 23.8. The van der Waals surface area contributed by atoms with Crippen molar-refractivity contribution in [3.63, 3.8) is 0 Å². The minimum absolute atomic E-state index is 0.132. The highest BCUT2D eigenvalue weighted by Crippen LogP contribution is 2.27. The normalized spacial score (nSPS) is 18.6. The molecule has 0 radical (unpaired) electrons. The number of aliphatic carboxylic acids is 1. The lowest BCUT2D eigenvalue weighted by atomic mass is 9.94. The second kappa shape index (κ2) is 4.91. The molecule has 1 atom stereocenters. The van der Waals surface area contributed by atoms with Crippen LogP contribution in [0.15, 0.2) is 12.1 Å². The van der Waals surface area contributed by atoms with Gasteiger partial charge in [0.15, 0.2) is 0 Å². The number of hydrogen-bond acceptors (Lipinski definition) is 2. The van der Waals surface area contributed by atoms with Gasteiger partial charge in [-0.05, 0) is 37.5 Å². The molecule has 2 amide bonds. The molecule has 0 saturated carbocycles. The zero-order valence-electron chi connectivity index (χ0n) is 11.4. The van der Waals surface area contributed by atoms with Crippen LogP contribution in [0.25, 0.3) is 0 Å². The average Bonchev–Trinajstić information content (AvgIpc) is 2.57. The summed E-state index contributed by atoms with van der Waals surface area (Å²) in [5.74, 6) is -0.992. The zero-order valence-corrected chi connectivity index (χ0v) is 11.4. The second-order valence-electron chi connectivity index (χ2n) is 5.09. The first-order valence-electron chi connectivity index (χ1n) is 6.23. The summed E-state index contributed by atoms with van der Waals surface area (Å²) in [5.41, 5.74) is 4.53. The van der Waals surface area contributed by atoms with Crippen LogP contribution in [0.5, 0.6) is 0 Å². The number of amides is 2. The number of carboxylic acids is 1. The summed E-state index contributed by atoms with van der Waals surface area (Å²) in [6, 6.07) is 3.71. The van der Waals surface area contributed by atoms with E-state index in [-0.39, 0.29) is 18.6 Å². The molecule has 1 aromatic rings. The highest BCUT2D eigenvalue weighted by atomic mass is 16.4. The summed E-state index contributed by atoms with van der Waals surface area (Å²) < 4.78 is 0. The fraction of sp³-hybridized carbons (Fsp3) is 0.429. The number of nitrogens with zero attached hydrogens (tertiary/aromatic N) is 1. The van der Waals surface area contributed by atoms with Crippen LogP contribution in [-0.4, -0.2) is 35.1 Å². The molecule has 19 heavy (non-hydrogen) atoms. The maximum absolute atomic E-state index is 11.7. The van der Waals surface area contributed by atoms with Crippen molar-refractivity contribution in [1.82, 2.24) is 10.2 Å². The van der Waals surface area contributed by atoms with Crippen molar-refractivity contribution in [2.45, 2.75) is 26.8 Å². The molecule has 1 aliphatic heterocycles. The molecule has 102 valence electrons. The highest BCUT2D eigenvalue weighted by Gasteiger charge is 2.32. The van der Waals surface area contributed by atoms with Crippen LogP contribution in [0, 0.1) is 20.8 Å². The van der Waals surface area contributed by atoms with Crippen molar-refractivity contribution in [2.75, 3.05) is 13.1 Å². The second-order valence-corrected chi connectivity index (χ2v) is 5.09. The van der Waals surface area contributed by atoms with Gasteiger partial charge in [0, 0.05) is 6.54 Å². The van der Waals surface area contributed by atoms with Crippen molar-refractivity contribution in [1.29, 1.82) is 0 Å². The maximum Gasteiger partial charge on any atom is 0.323 e. The van der Waals surface area contributed by atoms with E-state index in [9.17, 15) is 9.59 Å². The summed E-state index contributed by atoms with van der Waals surface area (Å²) in [7, 11) is 0. The zero-order chi connectivity index (χ0) is 14.2. The van der Waals surface area contributed by atoms with Crippen LogP contribution < -0.4 is 5.32 Å². The van der Waals surface area contributed by atoms with Gasteiger partial charge in [0.1, 0.15) is 6.54 Å². The number of rotatable bonds is 3. The van der Waals surface area contributed by atoms with Crippen LogP contribution >= 0.6 is 0 Å². The van der Waals surface area contributed by atoms with Gasteiger partial charge < -0.3 is 15.3 Å². The first-order valence-corrected chi connectivity index (χ1v) is 6.23. The van der Waals surface area contributed by atoms with E-state index in [0.29, 0.717) is 6.54 Å². The van der Waals surface area contributed by atoms with E-state index < -0.39 is 5.97 Å². The Morgan fingerprint density at radius 2 is 1.95 bits per heavy atom. The quantitative estimate of drug-likeness (QED) is 0.872. The number of nitrogens with one attached hydrogen (secondary N) is 1. The minimum atomic E-state index is -0.992. The number of benzene rings is 1. The molecule has 5 heteroatoms. The van der Waals surface area contributed by atoms with Gasteiger partial charge in [-0.1, -0.05) is 17.7 Å². The smallest absolute Gasteiger partial charge is 0.323 e. The predicted octanol–water partition coefficient (Wildman–Crippen LogP) is 1.76. The number of urea groups is 1. The average molecular weight is 262 g/mol. The molecule has 1 unspecified atom stereocenters. The first-order chi connectivity index (χ1) is 8.88. The molecule has 0 spiro atoms. The third kappa shape index (κ3) is 2.70. The van der Waals surface area contributed by atoms with Gasteiger partial charge in [0.2, 0.25) is 0 Å². The molecular formula is C14H18N2O3. The molecule has 0 aromatic heterocycles. The van der Waals surface area contributed by atoms with Gasteiger partial charge in [0.25, 0.3) is 0 Å². The van der Waals surface area contributed by atoms with E-state index in [4.69, 9.17) is 5.11 Å². The molecule has 0 aliphatic carbocycles. The highest BCUT2D eigenvalue weighted by molar-refractivity contribution is 5.82. The fourth-order valence-electron chi connectivity index (χ4n) is 2.79. The van der Waals surface area contributed by atoms with Gasteiger partial charge in [0.05, 0.1) is 6.04 Å². The molecular weight excluding hydrogens is 244 g/mol. The topological polar surface area (TPSA) is 69.6 Å². The molecule has 1 heterocycles. The maximum atomic E-state index is 11.7. The van der Waals surface area contributed by atoms with Gasteiger partial charge in [-0.25, -0.2) is 4.79 Å². The van der Waals surface area contributed by atoms with Crippen LogP contribution in [0.4, 0.5) is 4.79 Å². The number of carboxylic acid groups (broad SMARTS) is 1. The van der Waals surface area contributed by atoms with E-state index in [1.165, 1.54) is 10.5 Å². The number of aryl methyl sites for hydroxylation is 3. The molecule has 5 nitrogen and oxygen atoms in total. The van der Waals surface area contributed by atoms with Crippen LogP contribution in [0.3, 0.4) is 0 Å².